The molecular weight excluding hydrogens is 212 g/mol. The summed E-state index contributed by atoms with van der Waals surface area (Å²) in [4.78, 5) is 0. The molecule has 0 spiro atoms. The molecule has 0 bridgehead atoms. The van der Waals surface area contributed by atoms with Gasteiger partial charge >= 0.3 is 0 Å². The first-order valence-electron chi connectivity index (χ1n) is 7.42. The van der Waals surface area contributed by atoms with Gasteiger partial charge in [-0.3, -0.25) is 0 Å². The SMILES string of the molecule is NCC1CCCCC1CNCCC1CCCO1. The molecule has 17 heavy (non-hydrogen) atoms. The lowest BCUT2D eigenvalue weighted by atomic mass is 9.79. The van der Waals surface area contributed by atoms with Gasteiger partial charge in [-0.1, -0.05) is 12.8 Å². The summed E-state index contributed by atoms with van der Waals surface area (Å²) in [5, 5.41) is 3.61. The van der Waals surface area contributed by atoms with Gasteiger partial charge in [0, 0.05) is 6.61 Å². The Morgan fingerprint density at radius 3 is 2.59 bits per heavy atom. The number of nitrogens with two attached hydrogens (primary N) is 1. The lowest BCUT2D eigenvalue weighted by molar-refractivity contribution is 0.103. The van der Waals surface area contributed by atoms with Crippen molar-refractivity contribution in [1.29, 1.82) is 0 Å². The zero-order valence-corrected chi connectivity index (χ0v) is 11.0. The first kappa shape index (κ1) is 13.3. The Hall–Kier alpha value is -0.120. The third-order valence-corrected chi connectivity index (χ3v) is 4.44. The average Bonchev–Trinajstić information content (AvgIpc) is 2.88. The largest absolute Gasteiger partial charge is 0.378 e. The number of rotatable bonds is 6. The van der Waals surface area contributed by atoms with E-state index in [2.05, 4.69) is 5.32 Å². The highest BCUT2D eigenvalue weighted by atomic mass is 16.5. The Balaban J connectivity index is 1.56. The lowest BCUT2D eigenvalue weighted by Gasteiger charge is -2.30. The summed E-state index contributed by atoms with van der Waals surface area (Å²) in [6.07, 6.45) is 9.71. The van der Waals surface area contributed by atoms with E-state index >= 15 is 0 Å². The molecule has 3 unspecified atom stereocenters. The Morgan fingerprint density at radius 2 is 1.88 bits per heavy atom. The van der Waals surface area contributed by atoms with Gasteiger partial charge in [-0.05, 0) is 63.6 Å². The summed E-state index contributed by atoms with van der Waals surface area (Å²) in [6, 6.07) is 0. The topological polar surface area (TPSA) is 47.3 Å². The van der Waals surface area contributed by atoms with Crippen molar-refractivity contribution in [2.45, 2.75) is 51.0 Å². The van der Waals surface area contributed by atoms with E-state index in [0.717, 1.165) is 38.1 Å². The third kappa shape index (κ3) is 4.23. The van der Waals surface area contributed by atoms with Gasteiger partial charge in [0.25, 0.3) is 0 Å². The molecule has 0 aromatic heterocycles. The maximum Gasteiger partial charge on any atom is 0.0588 e. The molecule has 1 heterocycles. The fraction of sp³-hybridized carbons (Fsp3) is 1.00. The van der Waals surface area contributed by atoms with Gasteiger partial charge in [-0.15, -0.1) is 0 Å². The predicted molar refractivity (Wildman–Crippen MR) is 71.0 cm³/mol. The van der Waals surface area contributed by atoms with Crippen LogP contribution in [0.15, 0.2) is 0 Å². The molecule has 0 amide bonds. The molecule has 1 aliphatic heterocycles. The summed E-state index contributed by atoms with van der Waals surface area (Å²) in [5.41, 5.74) is 5.85. The molecule has 2 fully saturated rings. The van der Waals surface area contributed by atoms with E-state index < -0.39 is 0 Å². The summed E-state index contributed by atoms with van der Waals surface area (Å²) in [5.74, 6) is 1.58. The first-order valence-corrected chi connectivity index (χ1v) is 7.42. The van der Waals surface area contributed by atoms with E-state index in [4.69, 9.17) is 10.5 Å². The number of ether oxygens (including phenoxy) is 1. The molecule has 3 heteroatoms. The standard InChI is InChI=1S/C14H28N2O/c15-10-12-4-1-2-5-13(12)11-16-8-7-14-6-3-9-17-14/h12-14,16H,1-11,15H2. The van der Waals surface area contributed by atoms with Crippen LogP contribution in [0.25, 0.3) is 0 Å². The maximum absolute atomic E-state index is 5.85. The van der Waals surface area contributed by atoms with Gasteiger partial charge in [0.05, 0.1) is 6.10 Å². The van der Waals surface area contributed by atoms with E-state index in [9.17, 15) is 0 Å². The molecule has 0 aromatic carbocycles. The summed E-state index contributed by atoms with van der Waals surface area (Å²) < 4.78 is 5.63. The molecule has 1 aliphatic carbocycles. The van der Waals surface area contributed by atoms with E-state index in [1.807, 2.05) is 0 Å². The monoisotopic (exact) mass is 240 g/mol. The molecular formula is C14H28N2O. The van der Waals surface area contributed by atoms with Crippen molar-refractivity contribution in [1.82, 2.24) is 5.32 Å². The van der Waals surface area contributed by atoms with Crippen molar-refractivity contribution in [3.8, 4) is 0 Å². The first-order chi connectivity index (χ1) is 8.40. The minimum absolute atomic E-state index is 0.527. The van der Waals surface area contributed by atoms with Crippen LogP contribution in [0, 0.1) is 11.8 Å². The van der Waals surface area contributed by atoms with Gasteiger partial charge in [0.1, 0.15) is 0 Å². The van der Waals surface area contributed by atoms with Crippen LogP contribution in [-0.2, 0) is 4.74 Å². The second-order valence-electron chi connectivity index (χ2n) is 5.67. The second-order valence-corrected chi connectivity index (χ2v) is 5.67. The Kier molecular flexibility index (Phi) is 5.75. The molecule has 100 valence electrons. The Morgan fingerprint density at radius 1 is 1.06 bits per heavy atom. The predicted octanol–water partition coefficient (Wildman–Crippen LogP) is 1.91. The third-order valence-electron chi connectivity index (χ3n) is 4.44. The van der Waals surface area contributed by atoms with Crippen molar-refractivity contribution in [3.63, 3.8) is 0 Å². The van der Waals surface area contributed by atoms with Crippen molar-refractivity contribution < 1.29 is 4.74 Å². The van der Waals surface area contributed by atoms with Crippen LogP contribution < -0.4 is 11.1 Å². The van der Waals surface area contributed by atoms with Crippen LogP contribution in [0.2, 0.25) is 0 Å². The van der Waals surface area contributed by atoms with Gasteiger partial charge < -0.3 is 15.8 Å². The maximum atomic E-state index is 5.85. The fourth-order valence-corrected chi connectivity index (χ4v) is 3.29. The number of hydrogen-bond donors (Lipinski definition) is 2. The van der Waals surface area contributed by atoms with Crippen molar-refractivity contribution >= 4 is 0 Å². The summed E-state index contributed by atoms with van der Waals surface area (Å²) in [7, 11) is 0. The summed E-state index contributed by atoms with van der Waals surface area (Å²) in [6.45, 7) is 4.12. The lowest BCUT2D eigenvalue weighted by Crippen LogP contribution is -2.35. The molecule has 3 nitrogen and oxygen atoms in total. The van der Waals surface area contributed by atoms with E-state index in [-0.39, 0.29) is 0 Å². The minimum Gasteiger partial charge on any atom is -0.378 e. The molecule has 0 radical (unpaired) electrons. The second kappa shape index (κ2) is 7.34. The zero-order chi connectivity index (χ0) is 11.9. The van der Waals surface area contributed by atoms with Crippen LogP contribution >= 0.6 is 0 Å². The smallest absolute Gasteiger partial charge is 0.0588 e. The van der Waals surface area contributed by atoms with Crippen LogP contribution in [0.3, 0.4) is 0 Å². The fourth-order valence-electron chi connectivity index (χ4n) is 3.29. The highest BCUT2D eigenvalue weighted by Crippen LogP contribution is 2.28. The molecule has 1 saturated carbocycles. The van der Waals surface area contributed by atoms with Crippen LogP contribution in [0.4, 0.5) is 0 Å². The highest BCUT2D eigenvalue weighted by Gasteiger charge is 2.23. The normalized spacial score (nSPS) is 34.1. The van der Waals surface area contributed by atoms with Crippen LogP contribution in [-0.4, -0.2) is 32.3 Å². The van der Waals surface area contributed by atoms with Crippen molar-refractivity contribution in [3.05, 3.63) is 0 Å². The van der Waals surface area contributed by atoms with Gasteiger partial charge in [-0.25, -0.2) is 0 Å². The van der Waals surface area contributed by atoms with Crippen LogP contribution in [0.5, 0.6) is 0 Å². The van der Waals surface area contributed by atoms with Crippen LogP contribution in [0.1, 0.15) is 44.9 Å². The number of hydrogen-bond acceptors (Lipinski definition) is 3. The number of nitrogens with one attached hydrogen (secondary N) is 1. The molecule has 1 saturated heterocycles. The van der Waals surface area contributed by atoms with Gasteiger partial charge in [0.15, 0.2) is 0 Å². The van der Waals surface area contributed by atoms with E-state index in [1.165, 1.54) is 44.9 Å². The zero-order valence-electron chi connectivity index (χ0n) is 11.0. The highest BCUT2D eigenvalue weighted by molar-refractivity contribution is 4.78. The van der Waals surface area contributed by atoms with Crippen molar-refractivity contribution in [2.24, 2.45) is 17.6 Å². The minimum atomic E-state index is 0.527. The van der Waals surface area contributed by atoms with Crippen molar-refractivity contribution in [2.75, 3.05) is 26.2 Å². The van der Waals surface area contributed by atoms with Gasteiger partial charge in [-0.2, -0.15) is 0 Å². The Labute approximate surface area is 105 Å². The molecule has 3 atom stereocenters. The average molecular weight is 240 g/mol. The molecule has 0 aromatic rings. The van der Waals surface area contributed by atoms with Gasteiger partial charge in [0.2, 0.25) is 0 Å². The van der Waals surface area contributed by atoms with E-state index in [0.29, 0.717) is 6.10 Å². The molecule has 2 aliphatic rings. The summed E-state index contributed by atoms with van der Waals surface area (Å²) >= 11 is 0. The Bertz CT molecular complexity index is 204. The molecule has 2 rings (SSSR count). The quantitative estimate of drug-likeness (QED) is 0.697. The van der Waals surface area contributed by atoms with E-state index in [1.54, 1.807) is 0 Å². The molecule has 3 N–H and O–H groups in total.